The summed E-state index contributed by atoms with van der Waals surface area (Å²) in [4.78, 5) is 23.1. The van der Waals surface area contributed by atoms with Gasteiger partial charge in [0.05, 0.1) is 14.2 Å². The van der Waals surface area contributed by atoms with Crippen molar-refractivity contribution < 1.29 is 33.6 Å². The van der Waals surface area contributed by atoms with Crippen LogP contribution in [0.3, 0.4) is 0 Å². The first-order chi connectivity index (χ1) is 17.4. The van der Waals surface area contributed by atoms with Gasteiger partial charge in [0.2, 0.25) is 0 Å². The smallest absolute Gasteiger partial charge is 0.339 e. The van der Waals surface area contributed by atoms with Crippen LogP contribution in [0.5, 0.6) is 23.0 Å². The zero-order valence-electron chi connectivity index (χ0n) is 22.4. The molecule has 1 aliphatic rings. The van der Waals surface area contributed by atoms with Crippen LogP contribution < -0.4 is 19.6 Å². The number of rotatable bonds is 5. The average molecular weight is 511 g/mol. The maximum atomic E-state index is 12.0. The maximum absolute atomic E-state index is 12.0. The molecule has 0 unspecified atom stereocenters. The van der Waals surface area contributed by atoms with Crippen LogP contribution in [-0.2, 0) is 12.8 Å². The lowest BCUT2D eigenvalue weighted by Gasteiger charge is -2.33. The Bertz CT molecular complexity index is 1410. The molecule has 0 aliphatic carbocycles. The van der Waals surface area contributed by atoms with Crippen molar-refractivity contribution in [3.05, 3.63) is 68.6 Å². The lowest BCUT2D eigenvalue weighted by molar-refractivity contribution is 0.0690. The summed E-state index contributed by atoms with van der Waals surface area (Å²) in [5.41, 5.74) is 2.90. The van der Waals surface area contributed by atoms with E-state index in [4.69, 9.17) is 23.7 Å². The molecule has 0 fully saturated rings. The molecule has 0 spiro atoms. The maximum Gasteiger partial charge on any atom is 0.339 e. The van der Waals surface area contributed by atoms with Gasteiger partial charge in [-0.05, 0) is 66.0 Å². The van der Waals surface area contributed by atoms with E-state index in [0.717, 1.165) is 35.3 Å². The Morgan fingerprint density at radius 1 is 1.16 bits per heavy atom. The lowest BCUT2D eigenvalue weighted by Crippen LogP contribution is -2.32. The first-order valence-electron chi connectivity index (χ1n) is 12.0. The van der Waals surface area contributed by atoms with Crippen LogP contribution in [0.15, 0.2) is 45.1 Å². The topological polar surface area (TPSA) is 115 Å². The summed E-state index contributed by atoms with van der Waals surface area (Å²) in [6, 6.07) is 6.07. The molecular formula is C29H34O8. The minimum absolute atomic E-state index is 0.119. The van der Waals surface area contributed by atoms with E-state index >= 15 is 0 Å². The van der Waals surface area contributed by atoms with Crippen molar-refractivity contribution in [3.63, 3.8) is 0 Å². The van der Waals surface area contributed by atoms with Gasteiger partial charge in [-0.3, -0.25) is 4.79 Å². The number of phenols is 1. The van der Waals surface area contributed by atoms with Gasteiger partial charge in [-0.2, -0.15) is 0 Å². The number of carbonyl (C=O) groups is 1. The van der Waals surface area contributed by atoms with Gasteiger partial charge in [0.25, 0.3) is 0 Å². The summed E-state index contributed by atoms with van der Waals surface area (Å²) in [5, 5.41) is 19.3. The minimum Gasteiger partial charge on any atom is -0.507 e. The van der Waals surface area contributed by atoms with E-state index < -0.39 is 5.97 Å². The Kier molecular flexibility index (Phi) is 8.21. The van der Waals surface area contributed by atoms with E-state index in [1.54, 1.807) is 13.0 Å². The predicted octanol–water partition coefficient (Wildman–Crippen LogP) is 5.82. The van der Waals surface area contributed by atoms with E-state index in [1.807, 2.05) is 33.8 Å². The van der Waals surface area contributed by atoms with E-state index in [0.29, 0.717) is 29.3 Å². The Labute approximate surface area is 216 Å². The van der Waals surface area contributed by atoms with Gasteiger partial charge >= 0.3 is 5.97 Å². The number of carboxylic acids is 1. The van der Waals surface area contributed by atoms with Crippen LogP contribution in [0.2, 0.25) is 0 Å². The molecule has 0 saturated carbocycles. The van der Waals surface area contributed by atoms with Gasteiger partial charge in [-0.1, -0.05) is 11.6 Å². The Morgan fingerprint density at radius 3 is 2.46 bits per heavy atom. The summed E-state index contributed by atoms with van der Waals surface area (Å²) >= 11 is 0. The molecule has 0 bridgehead atoms. The standard InChI is InChI=1S/C16H18O4.C13H16O4/c1-9(2)5-6-11-14(19-4)8-13(18)15-12(17)7-10(3)20-16(11)15;1-13(2)7-6-8-10(17-13)5-4-9(12(14)15)11(8)16-3/h5,7-8,18H,6H2,1-4H3;4-5H,6-7H2,1-3H3,(H,14,15). The van der Waals surface area contributed by atoms with Gasteiger partial charge in [0.1, 0.15) is 50.9 Å². The summed E-state index contributed by atoms with van der Waals surface area (Å²) in [7, 11) is 3.02. The number of ether oxygens (including phenoxy) is 3. The van der Waals surface area contributed by atoms with E-state index in [-0.39, 0.29) is 27.7 Å². The molecule has 8 nitrogen and oxygen atoms in total. The Hall–Kier alpha value is -3.94. The molecule has 0 amide bonds. The molecule has 0 saturated heterocycles. The van der Waals surface area contributed by atoms with Gasteiger partial charge in [0, 0.05) is 23.3 Å². The molecule has 2 aromatic carbocycles. The van der Waals surface area contributed by atoms with Gasteiger partial charge in [-0.25, -0.2) is 4.79 Å². The van der Waals surface area contributed by atoms with Crippen molar-refractivity contribution in [2.24, 2.45) is 0 Å². The first-order valence-corrected chi connectivity index (χ1v) is 12.0. The molecular weight excluding hydrogens is 476 g/mol. The summed E-state index contributed by atoms with van der Waals surface area (Å²) in [6.07, 6.45) is 4.22. The third-order valence-corrected chi connectivity index (χ3v) is 6.12. The molecule has 4 rings (SSSR count). The van der Waals surface area contributed by atoms with Crippen LogP contribution in [-0.4, -0.2) is 36.0 Å². The van der Waals surface area contributed by atoms with E-state index in [2.05, 4.69) is 0 Å². The minimum atomic E-state index is -0.977. The van der Waals surface area contributed by atoms with Crippen LogP contribution >= 0.6 is 0 Å². The number of benzene rings is 2. The van der Waals surface area contributed by atoms with E-state index in [1.165, 1.54) is 32.4 Å². The first kappa shape index (κ1) is 27.6. The van der Waals surface area contributed by atoms with Crippen molar-refractivity contribution in [1.29, 1.82) is 0 Å². The summed E-state index contributed by atoms with van der Waals surface area (Å²) in [6.45, 7) is 9.75. The van der Waals surface area contributed by atoms with Crippen molar-refractivity contribution in [2.75, 3.05) is 14.2 Å². The summed E-state index contributed by atoms with van der Waals surface area (Å²) < 4.78 is 22.0. The Balaban J connectivity index is 0.000000208. The zero-order chi connectivity index (χ0) is 27.5. The fraction of sp³-hybridized carbons (Fsp3) is 0.379. The number of aromatic carboxylic acids is 1. The fourth-order valence-corrected chi connectivity index (χ4v) is 4.26. The third-order valence-electron chi connectivity index (χ3n) is 6.12. The average Bonchev–Trinajstić information content (AvgIpc) is 2.81. The molecule has 1 aromatic heterocycles. The van der Waals surface area contributed by atoms with Crippen LogP contribution in [0.25, 0.3) is 11.0 Å². The van der Waals surface area contributed by atoms with Crippen molar-refractivity contribution in [2.45, 2.75) is 59.5 Å². The number of allylic oxidation sites excluding steroid dienone is 2. The highest BCUT2D eigenvalue weighted by Gasteiger charge is 2.30. The second-order valence-corrected chi connectivity index (χ2v) is 9.78. The quantitative estimate of drug-likeness (QED) is 0.413. The molecule has 1 aliphatic heterocycles. The number of methoxy groups -OCH3 is 2. The van der Waals surface area contributed by atoms with Crippen molar-refractivity contribution in [1.82, 2.24) is 0 Å². The van der Waals surface area contributed by atoms with Crippen LogP contribution in [0, 0.1) is 6.92 Å². The highest BCUT2D eigenvalue weighted by molar-refractivity contribution is 5.92. The number of hydrogen-bond donors (Lipinski definition) is 2. The summed E-state index contributed by atoms with van der Waals surface area (Å²) in [5.74, 6) is 1.07. The normalized spacial score (nSPS) is 13.5. The van der Waals surface area contributed by atoms with Crippen molar-refractivity contribution in [3.8, 4) is 23.0 Å². The highest BCUT2D eigenvalue weighted by Crippen LogP contribution is 2.40. The van der Waals surface area contributed by atoms with Gasteiger partial charge < -0.3 is 28.8 Å². The molecule has 2 N–H and O–H groups in total. The third kappa shape index (κ3) is 6.07. The monoisotopic (exact) mass is 510 g/mol. The molecule has 0 radical (unpaired) electrons. The van der Waals surface area contributed by atoms with Crippen LogP contribution in [0.4, 0.5) is 0 Å². The molecule has 3 aromatic rings. The van der Waals surface area contributed by atoms with Gasteiger partial charge in [-0.15, -0.1) is 0 Å². The van der Waals surface area contributed by atoms with E-state index in [9.17, 15) is 14.7 Å². The molecule has 37 heavy (non-hydrogen) atoms. The number of carboxylic acid groups (broad SMARTS) is 1. The number of aromatic hydroxyl groups is 1. The SMILES string of the molecule is COc1c(C(=O)O)ccc2c1CCC(C)(C)O2.COc1cc(O)c2c(=O)cc(C)oc2c1CC=C(C)C. The second kappa shape index (κ2) is 11.0. The zero-order valence-corrected chi connectivity index (χ0v) is 22.4. The number of phenolic OH excluding ortho intramolecular Hbond substituents is 1. The number of aryl methyl sites for hydroxylation is 1. The molecule has 2 heterocycles. The Morgan fingerprint density at radius 2 is 1.86 bits per heavy atom. The predicted molar refractivity (Wildman–Crippen MR) is 142 cm³/mol. The highest BCUT2D eigenvalue weighted by atomic mass is 16.5. The molecule has 8 heteroatoms. The number of fused-ring (bicyclic) bond motifs is 2. The second-order valence-electron chi connectivity index (χ2n) is 9.78. The van der Waals surface area contributed by atoms with Gasteiger partial charge in [0.15, 0.2) is 5.43 Å². The molecule has 0 atom stereocenters. The van der Waals surface area contributed by atoms with Crippen molar-refractivity contribution >= 4 is 16.9 Å². The lowest BCUT2D eigenvalue weighted by atomic mass is 9.92. The largest absolute Gasteiger partial charge is 0.507 e. The number of hydrogen-bond acceptors (Lipinski definition) is 7. The molecule has 198 valence electrons. The van der Waals surface area contributed by atoms with Crippen LogP contribution in [0.1, 0.15) is 61.4 Å². The fourth-order valence-electron chi connectivity index (χ4n) is 4.26.